The second kappa shape index (κ2) is 4.60. The lowest BCUT2D eigenvalue weighted by atomic mass is 10.3. The van der Waals surface area contributed by atoms with Crippen LogP contribution in [0.15, 0.2) is 29.2 Å². The van der Waals surface area contributed by atoms with Crippen LogP contribution < -0.4 is 0 Å². The molecule has 0 bridgehead atoms. The summed E-state index contributed by atoms with van der Waals surface area (Å²) in [5.41, 5.74) is 0. The maximum Gasteiger partial charge on any atom is 0.246 e. The molecule has 0 saturated heterocycles. The van der Waals surface area contributed by atoms with Crippen molar-refractivity contribution in [2.75, 3.05) is 7.05 Å². The number of hydrogen-bond acceptors (Lipinski definition) is 3. The van der Waals surface area contributed by atoms with Crippen LogP contribution >= 0.6 is 0 Å². The first-order valence-corrected chi connectivity index (χ1v) is 5.97. The van der Waals surface area contributed by atoms with E-state index >= 15 is 0 Å². The molecule has 16 heavy (non-hydrogen) atoms. The van der Waals surface area contributed by atoms with Crippen molar-refractivity contribution in [3.05, 3.63) is 30.1 Å². The van der Waals surface area contributed by atoms with Crippen molar-refractivity contribution in [1.82, 2.24) is 4.31 Å². The van der Waals surface area contributed by atoms with E-state index in [0.29, 0.717) is 0 Å². The third-order valence-electron chi connectivity index (χ3n) is 2.23. The van der Waals surface area contributed by atoms with Crippen molar-refractivity contribution >= 4 is 10.0 Å². The quantitative estimate of drug-likeness (QED) is 0.804. The summed E-state index contributed by atoms with van der Waals surface area (Å²) in [6.07, 6.45) is 0. The van der Waals surface area contributed by atoms with Gasteiger partial charge in [0.05, 0.1) is 6.07 Å². The fourth-order valence-corrected chi connectivity index (χ4v) is 2.44. The van der Waals surface area contributed by atoms with E-state index in [1.165, 1.54) is 32.2 Å². The second-order valence-electron chi connectivity index (χ2n) is 3.26. The van der Waals surface area contributed by atoms with Gasteiger partial charge in [0, 0.05) is 7.05 Å². The highest BCUT2D eigenvalue weighted by atomic mass is 32.2. The van der Waals surface area contributed by atoms with Crippen molar-refractivity contribution < 1.29 is 12.8 Å². The van der Waals surface area contributed by atoms with Crippen LogP contribution in [0.5, 0.6) is 0 Å². The van der Waals surface area contributed by atoms with Gasteiger partial charge in [-0.15, -0.1) is 0 Å². The molecule has 0 radical (unpaired) electrons. The highest BCUT2D eigenvalue weighted by molar-refractivity contribution is 7.89. The molecule has 6 heteroatoms. The average molecular weight is 242 g/mol. The molecule has 4 nitrogen and oxygen atoms in total. The Bertz CT molecular complexity index is 522. The van der Waals surface area contributed by atoms with Crippen molar-refractivity contribution in [1.29, 1.82) is 5.26 Å². The highest BCUT2D eigenvalue weighted by Crippen LogP contribution is 2.19. The maximum absolute atomic E-state index is 13.3. The Labute approximate surface area is 94.0 Å². The molecular formula is C10H11FN2O2S. The zero-order valence-corrected chi connectivity index (χ0v) is 9.70. The van der Waals surface area contributed by atoms with Gasteiger partial charge < -0.3 is 0 Å². The van der Waals surface area contributed by atoms with E-state index in [2.05, 4.69) is 0 Å². The van der Waals surface area contributed by atoms with Gasteiger partial charge in [-0.05, 0) is 19.1 Å². The molecule has 0 aromatic heterocycles. The number of sulfonamides is 1. The normalized spacial score (nSPS) is 13.4. The molecule has 1 aromatic rings. The van der Waals surface area contributed by atoms with E-state index in [-0.39, 0.29) is 0 Å². The third kappa shape index (κ3) is 2.21. The minimum atomic E-state index is -3.95. The Morgan fingerprint density at radius 3 is 2.50 bits per heavy atom. The van der Waals surface area contributed by atoms with E-state index in [1.54, 1.807) is 6.07 Å². The Hall–Kier alpha value is -1.45. The summed E-state index contributed by atoms with van der Waals surface area (Å²) in [6.45, 7) is 1.43. The fourth-order valence-electron chi connectivity index (χ4n) is 1.10. The van der Waals surface area contributed by atoms with Crippen LogP contribution in [0.2, 0.25) is 0 Å². The van der Waals surface area contributed by atoms with Crippen molar-refractivity contribution in [2.24, 2.45) is 0 Å². The molecule has 0 heterocycles. The second-order valence-corrected chi connectivity index (χ2v) is 5.22. The molecule has 86 valence electrons. The molecule has 1 atom stereocenters. The Balaban J connectivity index is 3.24. The lowest BCUT2D eigenvalue weighted by molar-refractivity contribution is 0.437. The van der Waals surface area contributed by atoms with Crippen LogP contribution in [0.4, 0.5) is 4.39 Å². The number of nitriles is 1. The zero-order chi connectivity index (χ0) is 12.3. The van der Waals surface area contributed by atoms with E-state index in [4.69, 9.17) is 5.26 Å². The zero-order valence-electron chi connectivity index (χ0n) is 8.88. The molecule has 1 unspecified atom stereocenters. The SMILES string of the molecule is CC(C#N)N(C)S(=O)(=O)c1ccccc1F. The fraction of sp³-hybridized carbons (Fsp3) is 0.300. The number of hydrogen-bond donors (Lipinski definition) is 0. The first kappa shape index (κ1) is 12.6. The Morgan fingerprint density at radius 2 is 2.00 bits per heavy atom. The summed E-state index contributed by atoms with van der Waals surface area (Å²) in [4.78, 5) is -0.417. The molecule has 1 aromatic carbocycles. The maximum atomic E-state index is 13.3. The smallest absolute Gasteiger partial charge is 0.207 e. The lowest BCUT2D eigenvalue weighted by Crippen LogP contribution is -2.34. The molecule has 0 aliphatic rings. The van der Waals surface area contributed by atoms with Crippen molar-refractivity contribution in [3.63, 3.8) is 0 Å². The molecule has 0 N–H and O–H groups in total. The lowest BCUT2D eigenvalue weighted by Gasteiger charge is -2.19. The first-order valence-electron chi connectivity index (χ1n) is 4.53. The largest absolute Gasteiger partial charge is 0.246 e. The Kier molecular flexibility index (Phi) is 3.62. The number of rotatable bonds is 3. The predicted molar refractivity (Wildman–Crippen MR) is 56.4 cm³/mol. The van der Waals surface area contributed by atoms with Gasteiger partial charge in [0.15, 0.2) is 0 Å². The highest BCUT2D eigenvalue weighted by Gasteiger charge is 2.27. The number of halogens is 1. The summed E-state index contributed by atoms with van der Waals surface area (Å²) in [5, 5.41) is 8.63. The topological polar surface area (TPSA) is 61.2 Å². The van der Waals surface area contributed by atoms with Gasteiger partial charge in [0.25, 0.3) is 0 Å². The monoisotopic (exact) mass is 242 g/mol. The molecule has 0 aliphatic heterocycles. The molecule has 0 saturated carbocycles. The minimum absolute atomic E-state index is 0.417. The van der Waals surface area contributed by atoms with E-state index in [9.17, 15) is 12.8 Å². The molecule has 1 rings (SSSR count). The van der Waals surface area contributed by atoms with Crippen molar-refractivity contribution in [3.8, 4) is 6.07 Å². The Morgan fingerprint density at radius 1 is 1.44 bits per heavy atom. The van der Waals surface area contributed by atoms with Crippen LogP contribution in [0.25, 0.3) is 0 Å². The van der Waals surface area contributed by atoms with Gasteiger partial charge in [0.2, 0.25) is 10.0 Å². The summed E-state index contributed by atoms with van der Waals surface area (Å²) >= 11 is 0. The predicted octanol–water partition coefficient (Wildman–Crippen LogP) is 1.36. The van der Waals surface area contributed by atoms with Crippen LogP contribution in [-0.2, 0) is 10.0 Å². The molecule has 0 amide bonds. The van der Waals surface area contributed by atoms with E-state index < -0.39 is 26.8 Å². The van der Waals surface area contributed by atoms with Crippen LogP contribution in [-0.4, -0.2) is 25.8 Å². The summed E-state index contributed by atoms with van der Waals surface area (Å²) in [6, 6.07) is 6.02. The van der Waals surface area contributed by atoms with Gasteiger partial charge in [-0.3, -0.25) is 0 Å². The van der Waals surface area contributed by atoms with Crippen LogP contribution in [0.3, 0.4) is 0 Å². The summed E-state index contributed by atoms with van der Waals surface area (Å²) in [5.74, 6) is -0.820. The average Bonchev–Trinajstić information content (AvgIpc) is 2.27. The number of nitrogens with zero attached hydrogens (tertiary/aromatic N) is 2. The first-order chi connectivity index (χ1) is 7.41. The molecule has 0 aliphatic carbocycles. The molecule has 0 fully saturated rings. The van der Waals surface area contributed by atoms with Crippen LogP contribution in [0, 0.1) is 17.1 Å². The molecular weight excluding hydrogens is 231 g/mol. The molecule has 0 spiro atoms. The summed E-state index contributed by atoms with van der Waals surface area (Å²) < 4.78 is 37.9. The van der Waals surface area contributed by atoms with Gasteiger partial charge in [-0.1, -0.05) is 12.1 Å². The standard InChI is InChI=1S/C10H11FN2O2S/c1-8(7-12)13(2)16(14,15)10-6-4-3-5-9(10)11/h3-6,8H,1-2H3. The van der Waals surface area contributed by atoms with E-state index in [0.717, 1.165) is 10.4 Å². The van der Waals surface area contributed by atoms with Crippen LogP contribution in [0.1, 0.15) is 6.92 Å². The minimum Gasteiger partial charge on any atom is -0.207 e. The van der Waals surface area contributed by atoms with Gasteiger partial charge >= 0.3 is 0 Å². The number of benzene rings is 1. The van der Waals surface area contributed by atoms with E-state index in [1.807, 2.05) is 0 Å². The van der Waals surface area contributed by atoms with Gasteiger partial charge in [0.1, 0.15) is 16.8 Å². The summed E-state index contributed by atoms with van der Waals surface area (Å²) in [7, 11) is -2.70. The van der Waals surface area contributed by atoms with Gasteiger partial charge in [-0.25, -0.2) is 12.8 Å². The van der Waals surface area contributed by atoms with Gasteiger partial charge in [-0.2, -0.15) is 9.57 Å². The third-order valence-corrected chi connectivity index (χ3v) is 4.19. The van der Waals surface area contributed by atoms with Crippen molar-refractivity contribution in [2.45, 2.75) is 17.9 Å².